The highest BCUT2D eigenvalue weighted by atomic mass is 16.5. The number of hydrogen-bond donors (Lipinski definition) is 2. The van der Waals surface area contributed by atoms with Gasteiger partial charge in [0.2, 0.25) is 0 Å². The van der Waals surface area contributed by atoms with Gasteiger partial charge in [0.05, 0.1) is 11.0 Å². The highest BCUT2D eigenvalue weighted by Crippen LogP contribution is 2.21. The number of aryl methyl sites for hydroxylation is 1. The summed E-state index contributed by atoms with van der Waals surface area (Å²) in [6.45, 7) is 10.5. The average Bonchev–Trinajstić information content (AvgIpc) is 3.00. The van der Waals surface area contributed by atoms with Gasteiger partial charge >= 0.3 is 0 Å². The van der Waals surface area contributed by atoms with Crippen LogP contribution in [0.25, 0.3) is 17.1 Å². The highest BCUT2D eigenvalue weighted by molar-refractivity contribution is 5.91. The molecule has 26 heavy (non-hydrogen) atoms. The van der Waals surface area contributed by atoms with E-state index in [1.54, 1.807) is 11.6 Å². The lowest BCUT2D eigenvalue weighted by atomic mass is 10.1. The Bertz CT molecular complexity index is 860. The van der Waals surface area contributed by atoms with Crippen LogP contribution >= 0.6 is 0 Å². The van der Waals surface area contributed by atoms with E-state index in [0.717, 1.165) is 41.7 Å². The topological polar surface area (TPSA) is 67.2 Å². The minimum absolute atomic E-state index is 0.566. The molecule has 0 aliphatic carbocycles. The van der Waals surface area contributed by atoms with E-state index in [9.17, 15) is 4.79 Å². The van der Waals surface area contributed by atoms with Crippen LogP contribution in [0.2, 0.25) is 0 Å². The summed E-state index contributed by atoms with van der Waals surface area (Å²) in [7, 11) is 0. The molecule has 0 radical (unpaired) electrons. The molecule has 0 aliphatic rings. The van der Waals surface area contributed by atoms with Gasteiger partial charge in [-0.3, -0.25) is 10.0 Å². The Labute approximate surface area is 154 Å². The van der Waals surface area contributed by atoms with E-state index in [4.69, 9.17) is 10.2 Å². The number of nitrogens with one attached hydrogen (secondary N) is 1. The van der Waals surface area contributed by atoms with Crippen LogP contribution in [0.5, 0.6) is 0 Å². The molecular weight excluding hydrogens is 326 g/mol. The van der Waals surface area contributed by atoms with Crippen LogP contribution in [-0.4, -0.2) is 20.7 Å². The number of carbonyl (C=O) groups is 1. The molecule has 2 N–H and O–H groups in total. The second-order valence-electron chi connectivity index (χ2n) is 5.90. The SMILES string of the molecule is C=CC=C(CC)CCc1nc2cc(C=CC(=O)NO)ccc2n1CC=C. The van der Waals surface area contributed by atoms with Gasteiger partial charge in [-0.2, -0.15) is 0 Å². The standard InChI is InChI=1S/C21H25N3O2/c1-4-7-16(6-3)9-12-20-22-18-15-17(10-13-21(25)23-26)8-11-19(18)24(20)14-5-2/h4-5,7-8,10-11,13,15,26H,1-2,6,9,12,14H2,3H3,(H,23,25). The lowest BCUT2D eigenvalue weighted by molar-refractivity contribution is -0.124. The van der Waals surface area contributed by atoms with Crippen LogP contribution in [0.4, 0.5) is 0 Å². The van der Waals surface area contributed by atoms with Crippen molar-refractivity contribution >= 4 is 23.0 Å². The molecule has 0 unspecified atom stereocenters. The first-order valence-electron chi connectivity index (χ1n) is 8.65. The summed E-state index contributed by atoms with van der Waals surface area (Å²) in [6, 6.07) is 5.84. The van der Waals surface area contributed by atoms with E-state index in [2.05, 4.69) is 30.7 Å². The maximum Gasteiger partial charge on any atom is 0.267 e. The first kappa shape index (κ1) is 19.4. The van der Waals surface area contributed by atoms with Gasteiger partial charge in [0.1, 0.15) is 5.82 Å². The van der Waals surface area contributed by atoms with Crippen molar-refractivity contribution in [1.82, 2.24) is 15.0 Å². The normalized spacial score (nSPS) is 11.8. The van der Waals surface area contributed by atoms with Crippen molar-refractivity contribution in [3.05, 3.63) is 72.6 Å². The molecule has 5 heteroatoms. The maximum absolute atomic E-state index is 11.1. The Hall–Kier alpha value is -2.92. The van der Waals surface area contributed by atoms with Crippen molar-refractivity contribution < 1.29 is 10.0 Å². The molecule has 0 bridgehead atoms. The van der Waals surface area contributed by atoms with Gasteiger partial charge in [0.25, 0.3) is 5.91 Å². The lowest BCUT2D eigenvalue weighted by Gasteiger charge is -2.07. The molecule has 0 aliphatic heterocycles. The second-order valence-corrected chi connectivity index (χ2v) is 5.90. The van der Waals surface area contributed by atoms with Crippen molar-refractivity contribution in [2.24, 2.45) is 0 Å². The number of imidazole rings is 1. The molecule has 136 valence electrons. The zero-order valence-electron chi connectivity index (χ0n) is 15.1. The molecule has 1 aromatic carbocycles. The summed E-state index contributed by atoms with van der Waals surface area (Å²) in [6.07, 6.45) is 11.4. The van der Waals surface area contributed by atoms with E-state index >= 15 is 0 Å². The number of benzene rings is 1. The van der Waals surface area contributed by atoms with Crippen LogP contribution in [-0.2, 0) is 17.8 Å². The van der Waals surface area contributed by atoms with Crippen molar-refractivity contribution in [2.45, 2.75) is 32.7 Å². The molecule has 5 nitrogen and oxygen atoms in total. The fourth-order valence-corrected chi connectivity index (χ4v) is 2.85. The number of carbonyl (C=O) groups excluding carboxylic acids is 1. The quantitative estimate of drug-likeness (QED) is 0.234. The molecule has 1 amide bonds. The predicted octanol–water partition coefficient (Wildman–Crippen LogP) is 4.20. The minimum Gasteiger partial charge on any atom is -0.324 e. The summed E-state index contributed by atoms with van der Waals surface area (Å²) in [5.74, 6) is 0.446. The first-order valence-corrected chi connectivity index (χ1v) is 8.65. The predicted molar refractivity (Wildman–Crippen MR) is 106 cm³/mol. The number of allylic oxidation sites excluding steroid dienone is 4. The first-order chi connectivity index (χ1) is 12.6. The van der Waals surface area contributed by atoms with E-state index in [0.29, 0.717) is 6.54 Å². The number of amides is 1. The summed E-state index contributed by atoms with van der Waals surface area (Å²) in [5, 5.41) is 8.56. The van der Waals surface area contributed by atoms with E-state index in [-0.39, 0.29) is 0 Å². The van der Waals surface area contributed by atoms with Gasteiger partial charge in [-0.05, 0) is 36.6 Å². The molecule has 1 aromatic heterocycles. The van der Waals surface area contributed by atoms with Crippen molar-refractivity contribution in [2.75, 3.05) is 0 Å². The van der Waals surface area contributed by atoms with Crippen molar-refractivity contribution in [3.8, 4) is 0 Å². The number of hydroxylamine groups is 1. The summed E-state index contributed by atoms with van der Waals surface area (Å²) < 4.78 is 2.16. The Morgan fingerprint density at radius 2 is 2.19 bits per heavy atom. The van der Waals surface area contributed by atoms with Crippen LogP contribution in [0.15, 0.2) is 61.2 Å². The van der Waals surface area contributed by atoms with Gasteiger partial charge in [0.15, 0.2) is 0 Å². The van der Waals surface area contributed by atoms with Crippen LogP contribution < -0.4 is 5.48 Å². The third-order valence-corrected chi connectivity index (χ3v) is 4.18. The molecular formula is C21H25N3O2. The van der Waals surface area contributed by atoms with E-state index in [1.807, 2.05) is 30.4 Å². The van der Waals surface area contributed by atoms with E-state index in [1.165, 1.54) is 11.6 Å². The Kier molecular flexibility index (Phi) is 7.12. The maximum atomic E-state index is 11.1. The van der Waals surface area contributed by atoms with Crippen molar-refractivity contribution in [3.63, 3.8) is 0 Å². The smallest absolute Gasteiger partial charge is 0.267 e. The van der Waals surface area contributed by atoms with E-state index < -0.39 is 5.91 Å². The van der Waals surface area contributed by atoms with Gasteiger partial charge in [-0.1, -0.05) is 43.4 Å². The molecule has 2 aromatic rings. The van der Waals surface area contributed by atoms with Gasteiger partial charge in [-0.25, -0.2) is 10.5 Å². The zero-order chi connectivity index (χ0) is 18.9. The molecule has 1 heterocycles. The Balaban J connectivity index is 2.34. The molecule has 2 rings (SSSR count). The Morgan fingerprint density at radius 1 is 1.38 bits per heavy atom. The van der Waals surface area contributed by atoms with Crippen LogP contribution in [0, 0.1) is 0 Å². The highest BCUT2D eigenvalue weighted by Gasteiger charge is 2.10. The largest absolute Gasteiger partial charge is 0.324 e. The fourth-order valence-electron chi connectivity index (χ4n) is 2.85. The number of rotatable bonds is 9. The number of aromatic nitrogens is 2. The number of fused-ring (bicyclic) bond motifs is 1. The fraction of sp³-hybridized carbons (Fsp3) is 0.238. The molecule has 0 spiro atoms. The average molecular weight is 351 g/mol. The molecule has 0 saturated heterocycles. The molecule has 0 fully saturated rings. The van der Waals surface area contributed by atoms with Gasteiger partial charge in [0, 0.05) is 19.0 Å². The van der Waals surface area contributed by atoms with Crippen LogP contribution in [0.1, 0.15) is 31.2 Å². The monoisotopic (exact) mass is 351 g/mol. The Morgan fingerprint density at radius 3 is 2.85 bits per heavy atom. The van der Waals surface area contributed by atoms with Gasteiger partial charge < -0.3 is 4.57 Å². The molecule has 0 atom stereocenters. The summed E-state index contributed by atoms with van der Waals surface area (Å²) >= 11 is 0. The minimum atomic E-state index is -0.566. The third kappa shape index (κ3) is 4.80. The second kappa shape index (κ2) is 9.53. The van der Waals surface area contributed by atoms with Gasteiger partial charge in [-0.15, -0.1) is 6.58 Å². The molecule has 0 saturated carbocycles. The van der Waals surface area contributed by atoms with Crippen molar-refractivity contribution in [1.29, 1.82) is 0 Å². The third-order valence-electron chi connectivity index (χ3n) is 4.18. The zero-order valence-corrected chi connectivity index (χ0v) is 15.1. The number of hydrogen-bond acceptors (Lipinski definition) is 3. The lowest BCUT2D eigenvalue weighted by Crippen LogP contribution is -2.14. The summed E-state index contributed by atoms with van der Waals surface area (Å²) in [5.41, 5.74) is 5.67. The number of nitrogens with zero attached hydrogens (tertiary/aromatic N) is 2. The van der Waals surface area contributed by atoms with Crippen LogP contribution in [0.3, 0.4) is 0 Å². The summed E-state index contributed by atoms with van der Waals surface area (Å²) in [4.78, 5) is 15.9.